The van der Waals surface area contributed by atoms with E-state index < -0.39 is 30.7 Å². The van der Waals surface area contributed by atoms with Crippen LogP contribution in [0.4, 0.5) is 19.0 Å². The number of benzene rings is 1. The molecule has 0 radical (unpaired) electrons. The molecule has 0 saturated carbocycles. The molecule has 3 aromatic heterocycles. The maximum Gasteiger partial charge on any atom is 0.323 e. The Bertz CT molecular complexity index is 1250. The van der Waals surface area contributed by atoms with Crippen LogP contribution in [0.2, 0.25) is 0 Å². The summed E-state index contributed by atoms with van der Waals surface area (Å²) in [7, 11) is 0. The van der Waals surface area contributed by atoms with Crippen LogP contribution in [0.25, 0.3) is 31.8 Å². The number of aliphatic hydroxyl groups excluding tert-OH is 2. The molecule has 3 atom stereocenters. The highest BCUT2D eigenvalue weighted by Crippen LogP contribution is 2.50. The maximum atomic E-state index is 14.7. The van der Waals surface area contributed by atoms with Crippen LogP contribution >= 0.6 is 11.3 Å². The summed E-state index contributed by atoms with van der Waals surface area (Å²) in [5.74, 6) is -7.38. The van der Waals surface area contributed by atoms with Crippen molar-refractivity contribution >= 4 is 38.4 Å². The highest BCUT2D eigenvalue weighted by molar-refractivity contribution is 7.21. The van der Waals surface area contributed by atoms with Gasteiger partial charge < -0.3 is 20.7 Å². The lowest BCUT2D eigenvalue weighted by Crippen LogP contribution is -2.45. The Morgan fingerprint density at radius 2 is 2.00 bits per heavy atom. The van der Waals surface area contributed by atoms with Gasteiger partial charge in [0, 0.05) is 11.8 Å². The van der Waals surface area contributed by atoms with Crippen molar-refractivity contribution in [3.8, 4) is 10.6 Å². The summed E-state index contributed by atoms with van der Waals surface area (Å²) >= 11 is 1.31. The summed E-state index contributed by atoms with van der Waals surface area (Å²) in [6.45, 7) is -1.44. The number of halogens is 3. The summed E-state index contributed by atoms with van der Waals surface area (Å²) in [6, 6.07) is 7.32. The molecule has 4 heterocycles. The van der Waals surface area contributed by atoms with Crippen LogP contribution in [-0.2, 0) is 4.74 Å². The Balaban J connectivity index is 1.74. The molecule has 1 saturated heterocycles. The standard InChI is InChI=1S/C18H14F3N5O3S/c19-17(6-27)15(28)18(20,21)16(29-17)26-5-8(11-12(22)23-7-24-13(11)26)14-25-9-3-1-2-4-10(9)30-14/h1-5,7,15-16,27-28H,6H2,(H2,22,23,24)/t15-,16-,17-/m1/s1. The van der Waals surface area contributed by atoms with Crippen molar-refractivity contribution in [3.63, 3.8) is 0 Å². The van der Waals surface area contributed by atoms with Gasteiger partial charge in [-0.05, 0) is 12.1 Å². The fourth-order valence-corrected chi connectivity index (χ4v) is 4.54. The number of fused-ring (bicyclic) bond motifs is 2. The minimum Gasteiger partial charge on any atom is -0.390 e. The van der Waals surface area contributed by atoms with Crippen LogP contribution < -0.4 is 5.73 Å². The number of nitrogens with two attached hydrogens (primary N) is 1. The molecule has 5 rings (SSSR count). The van der Waals surface area contributed by atoms with E-state index in [2.05, 4.69) is 15.0 Å². The summed E-state index contributed by atoms with van der Waals surface area (Å²) in [5, 5.41) is 19.6. The third kappa shape index (κ3) is 2.54. The fourth-order valence-electron chi connectivity index (χ4n) is 3.55. The number of nitrogen functional groups attached to an aromatic ring is 1. The molecule has 4 aromatic rings. The van der Waals surface area contributed by atoms with Gasteiger partial charge in [0.15, 0.2) is 6.10 Å². The van der Waals surface area contributed by atoms with Crippen LogP contribution in [-0.4, -0.2) is 54.2 Å². The van der Waals surface area contributed by atoms with Gasteiger partial charge in [-0.25, -0.2) is 19.3 Å². The first-order valence-electron chi connectivity index (χ1n) is 8.76. The van der Waals surface area contributed by atoms with E-state index in [9.17, 15) is 18.3 Å². The lowest BCUT2D eigenvalue weighted by Gasteiger charge is -2.20. The molecule has 30 heavy (non-hydrogen) atoms. The molecule has 1 aromatic carbocycles. The van der Waals surface area contributed by atoms with E-state index in [0.717, 1.165) is 15.6 Å². The Labute approximate surface area is 170 Å². The molecule has 0 spiro atoms. The van der Waals surface area contributed by atoms with E-state index >= 15 is 0 Å². The van der Waals surface area contributed by atoms with Crippen molar-refractivity contribution in [2.24, 2.45) is 0 Å². The molecule has 0 aliphatic carbocycles. The van der Waals surface area contributed by atoms with Crippen LogP contribution in [0, 0.1) is 0 Å². The van der Waals surface area contributed by atoms with Crippen LogP contribution in [0.1, 0.15) is 6.23 Å². The van der Waals surface area contributed by atoms with Crippen LogP contribution in [0.5, 0.6) is 0 Å². The van der Waals surface area contributed by atoms with Crippen molar-refractivity contribution in [1.82, 2.24) is 19.5 Å². The van der Waals surface area contributed by atoms with Gasteiger partial charge in [-0.3, -0.25) is 4.57 Å². The molecular formula is C18H14F3N5O3S. The number of hydrogen-bond acceptors (Lipinski definition) is 8. The van der Waals surface area contributed by atoms with Gasteiger partial charge in [0.1, 0.15) is 29.4 Å². The fraction of sp³-hybridized carbons (Fsp3) is 0.278. The minimum absolute atomic E-state index is 0.0172. The zero-order valence-corrected chi connectivity index (χ0v) is 15.9. The van der Waals surface area contributed by atoms with Gasteiger partial charge >= 0.3 is 5.92 Å². The summed E-state index contributed by atoms with van der Waals surface area (Å²) in [6.07, 6.45) is -2.80. The molecular weight excluding hydrogens is 423 g/mol. The van der Waals surface area contributed by atoms with E-state index in [1.807, 2.05) is 18.2 Å². The topological polar surface area (TPSA) is 119 Å². The van der Waals surface area contributed by atoms with Gasteiger partial charge in [-0.15, -0.1) is 11.3 Å². The van der Waals surface area contributed by atoms with Crippen molar-refractivity contribution in [3.05, 3.63) is 36.8 Å². The number of ether oxygens (including phenoxy) is 1. The number of aromatic nitrogens is 4. The van der Waals surface area contributed by atoms with E-state index in [-0.39, 0.29) is 16.9 Å². The molecule has 1 fully saturated rings. The molecule has 12 heteroatoms. The first-order valence-corrected chi connectivity index (χ1v) is 9.58. The monoisotopic (exact) mass is 437 g/mol. The normalized spacial score (nSPS) is 26.0. The molecule has 4 N–H and O–H groups in total. The molecule has 8 nitrogen and oxygen atoms in total. The average molecular weight is 437 g/mol. The van der Waals surface area contributed by atoms with Gasteiger partial charge in [-0.1, -0.05) is 12.1 Å². The summed E-state index contributed by atoms with van der Waals surface area (Å²) in [5.41, 5.74) is 7.01. The van der Waals surface area contributed by atoms with Crippen molar-refractivity contribution in [2.75, 3.05) is 12.3 Å². The number of hydrogen-bond donors (Lipinski definition) is 3. The Hall–Kier alpha value is -2.80. The predicted octanol–water partition coefficient (Wildman–Crippen LogP) is 2.47. The second-order valence-corrected chi connectivity index (χ2v) is 7.92. The lowest BCUT2D eigenvalue weighted by molar-refractivity contribution is -0.206. The Morgan fingerprint density at radius 3 is 2.70 bits per heavy atom. The Kier molecular flexibility index (Phi) is 4.06. The number of anilines is 1. The number of aliphatic hydroxyl groups is 2. The lowest BCUT2D eigenvalue weighted by atomic mass is 10.1. The summed E-state index contributed by atoms with van der Waals surface area (Å²) in [4.78, 5) is 12.5. The van der Waals surface area contributed by atoms with Gasteiger partial charge in [0.2, 0.25) is 6.23 Å². The second-order valence-electron chi connectivity index (χ2n) is 6.89. The van der Waals surface area contributed by atoms with Gasteiger partial charge in [-0.2, -0.15) is 8.78 Å². The van der Waals surface area contributed by atoms with Crippen LogP contribution in [0.15, 0.2) is 36.8 Å². The van der Waals surface area contributed by atoms with E-state index in [0.29, 0.717) is 16.1 Å². The molecule has 1 aliphatic rings. The van der Waals surface area contributed by atoms with E-state index in [1.54, 1.807) is 6.07 Å². The highest BCUT2D eigenvalue weighted by atomic mass is 32.1. The average Bonchev–Trinajstić information content (AvgIpc) is 3.37. The molecule has 0 amide bonds. The van der Waals surface area contributed by atoms with Gasteiger partial charge in [0.05, 0.1) is 15.6 Å². The summed E-state index contributed by atoms with van der Waals surface area (Å²) < 4.78 is 50.6. The molecule has 0 bridgehead atoms. The first-order chi connectivity index (χ1) is 14.3. The number of nitrogens with zero attached hydrogens (tertiary/aromatic N) is 4. The van der Waals surface area contributed by atoms with Crippen molar-refractivity contribution in [2.45, 2.75) is 24.1 Å². The molecule has 0 unspecified atom stereocenters. The minimum atomic E-state index is -4.06. The third-order valence-electron chi connectivity index (χ3n) is 5.04. The van der Waals surface area contributed by atoms with Gasteiger partial charge in [0.25, 0.3) is 5.85 Å². The zero-order chi connectivity index (χ0) is 21.3. The smallest absolute Gasteiger partial charge is 0.323 e. The van der Waals surface area contributed by atoms with E-state index in [1.165, 1.54) is 17.5 Å². The maximum absolute atomic E-state index is 14.7. The second kappa shape index (κ2) is 6.35. The molecule has 156 valence electrons. The zero-order valence-electron chi connectivity index (χ0n) is 15.0. The van der Waals surface area contributed by atoms with E-state index in [4.69, 9.17) is 15.6 Å². The first kappa shape index (κ1) is 19.2. The van der Waals surface area contributed by atoms with Crippen molar-refractivity contribution in [1.29, 1.82) is 0 Å². The quantitative estimate of drug-likeness (QED) is 0.450. The Morgan fingerprint density at radius 1 is 1.23 bits per heavy atom. The number of alkyl halides is 3. The number of rotatable bonds is 3. The number of thiazole rings is 1. The SMILES string of the molecule is Nc1ncnc2c1c(-c1nc3ccccc3s1)cn2[C@@H]1O[C@](F)(CO)[C@@H](O)C1(F)F. The van der Waals surface area contributed by atoms with Crippen LogP contribution in [0.3, 0.4) is 0 Å². The molecule has 1 aliphatic heterocycles. The largest absolute Gasteiger partial charge is 0.390 e. The highest BCUT2D eigenvalue weighted by Gasteiger charge is 2.68. The third-order valence-corrected chi connectivity index (χ3v) is 6.11. The van der Waals surface area contributed by atoms with Crippen molar-refractivity contribution < 1.29 is 28.1 Å². The number of para-hydroxylation sites is 1. The predicted molar refractivity (Wildman–Crippen MR) is 103 cm³/mol.